The van der Waals surface area contributed by atoms with Gasteiger partial charge in [0, 0.05) is 30.5 Å². The van der Waals surface area contributed by atoms with Crippen molar-refractivity contribution in [1.29, 1.82) is 0 Å². The van der Waals surface area contributed by atoms with Crippen LogP contribution in [0.3, 0.4) is 0 Å². The summed E-state index contributed by atoms with van der Waals surface area (Å²) in [6.45, 7) is 0. The largest absolute Gasteiger partial charge is 0.350 e. The zero-order valence-corrected chi connectivity index (χ0v) is 12.7. The van der Waals surface area contributed by atoms with Crippen molar-refractivity contribution >= 4 is 44.0 Å². The number of nitrogens with zero attached hydrogens (tertiary/aromatic N) is 3. The van der Waals surface area contributed by atoms with Crippen LogP contribution < -0.4 is 5.32 Å². The first-order valence-electron chi connectivity index (χ1n) is 6.16. The molecule has 0 aliphatic rings. The molecule has 0 fully saturated rings. The van der Waals surface area contributed by atoms with E-state index in [1.165, 1.54) is 12.3 Å². The number of aromatic nitrogens is 2. The molecule has 0 saturated heterocycles. The Hall–Kier alpha value is -2.41. The minimum absolute atomic E-state index is 0.0506. The summed E-state index contributed by atoms with van der Waals surface area (Å²) in [6, 6.07) is 9.43. The van der Waals surface area contributed by atoms with E-state index in [9.17, 15) is 10.1 Å². The van der Waals surface area contributed by atoms with Gasteiger partial charge in [-0.15, -0.1) is 0 Å². The van der Waals surface area contributed by atoms with Gasteiger partial charge in [0.25, 0.3) is 5.69 Å². The monoisotopic (exact) mass is 346 g/mol. The van der Waals surface area contributed by atoms with Gasteiger partial charge < -0.3 is 9.88 Å². The van der Waals surface area contributed by atoms with Gasteiger partial charge in [0.2, 0.25) is 0 Å². The zero-order valence-electron chi connectivity index (χ0n) is 11.1. The van der Waals surface area contributed by atoms with Crippen LogP contribution in [0, 0.1) is 10.1 Å². The van der Waals surface area contributed by atoms with Crippen LogP contribution >= 0.6 is 15.9 Å². The molecule has 21 heavy (non-hydrogen) atoms. The highest BCUT2D eigenvalue weighted by atomic mass is 79.9. The molecule has 0 unspecified atom stereocenters. The van der Waals surface area contributed by atoms with Gasteiger partial charge in [-0.25, -0.2) is 4.98 Å². The Labute approximate surface area is 128 Å². The Bertz CT molecular complexity index is 844. The van der Waals surface area contributed by atoms with E-state index in [4.69, 9.17) is 0 Å². The summed E-state index contributed by atoms with van der Waals surface area (Å²) < 4.78 is 2.57. The Morgan fingerprint density at radius 2 is 2.14 bits per heavy atom. The minimum Gasteiger partial charge on any atom is -0.350 e. The third-order valence-electron chi connectivity index (χ3n) is 3.19. The normalized spacial score (nSPS) is 10.8. The van der Waals surface area contributed by atoms with Crippen LogP contribution in [0.4, 0.5) is 17.2 Å². The van der Waals surface area contributed by atoms with Gasteiger partial charge in [0.05, 0.1) is 9.40 Å². The number of anilines is 2. The Morgan fingerprint density at radius 1 is 1.33 bits per heavy atom. The first-order valence-corrected chi connectivity index (χ1v) is 6.96. The van der Waals surface area contributed by atoms with Crippen molar-refractivity contribution in [2.24, 2.45) is 7.05 Å². The molecule has 0 amide bonds. The van der Waals surface area contributed by atoms with E-state index in [1.54, 1.807) is 0 Å². The third kappa shape index (κ3) is 2.59. The number of aryl methyl sites for hydroxylation is 1. The fourth-order valence-electron chi connectivity index (χ4n) is 2.10. The van der Waals surface area contributed by atoms with E-state index in [-0.39, 0.29) is 5.69 Å². The van der Waals surface area contributed by atoms with Gasteiger partial charge in [-0.3, -0.25) is 10.1 Å². The first-order chi connectivity index (χ1) is 10.0. The van der Waals surface area contributed by atoms with Crippen LogP contribution in [0.5, 0.6) is 0 Å². The number of pyridine rings is 1. The molecular formula is C14H11BrN4O2. The SMILES string of the molecule is Cn1ccc2ccc(Nc3ncc([N+](=O)[O-])cc3Br)cc21. The second-order valence-electron chi connectivity index (χ2n) is 4.61. The lowest BCUT2D eigenvalue weighted by atomic mass is 10.2. The molecule has 1 aromatic carbocycles. The average molecular weight is 347 g/mol. The van der Waals surface area contributed by atoms with Crippen molar-refractivity contribution in [2.75, 3.05) is 5.32 Å². The van der Waals surface area contributed by atoms with Crippen LogP contribution in [-0.4, -0.2) is 14.5 Å². The summed E-state index contributed by atoms with van der Waals surface area (Å²) >= 11 is 3.29. The van der Waals surface area contributed by atoms with Crippen molar-refractivity contribution in [3.8, 4) is 0 Å². The molecule has 3 rings (SSSR count). The molecule has 0 saturated carbocycles. The lowest BCUT2D eigenvalue weighted by molar-refractivity contribution is -0.385. The molecule has 0 spiro atoms. The molecule has 0 bridgehead atoms. The molecule has 106 valence electrons. The van der Waals surface area contributed by atoms with Crippen molar-refractivity contribution in [3.05, 3.63) is 57.3 Å². The summed E-state index contributed by atoms with van der Waals surface area (Å²) in [5, 5.41) is 15.0. The van der Waals surface area contributed by atoms with Gasteiger partial charge in [-0.2, -0.15) is 0 Å². The highest BCUT2D eigenvalue weighted by Crippen LogP contribution is 2.28. The highest BCUT2D eigenvalue weighted by Gasteiger charge is 2.11. The number of fused-ring (bicyclic) bond motifs is 1. The standard InChI is InChI=1S/C14H11BrN4O2/c1-18-5-4-9-2-3-10(6-13(9)18)17-14-12(15)7-11(8-16-14)19(20)21/h2-8H,1H3,(H,16,17). The Balaban J connectivity index is 1.94. The molecule has 2 heterocycles. The van der Waals surface area contributed by atoms with Crippen LogP contribution in [0.2, 0.25) is 0 Å². The third-order valence-corrected chi connectivity index (χ3v) is 3.79. The molecule has 3 aromatic rings. The van der Waals surface area contributed by atoms with E-state index in [0.717, 1.165) is 16.6 Å². The average Bonchev–Trinajstić information content (AvgIpc) is 2.82. The summed E-state index contributed by atoms with van der Waals surface area (Å²) in [5.41, 5.74) is 1.91. The molecule has 0 atom stereocenters. The van der Waals surface area contributed by atoms with Crippen LogP contribution in [0.25, 0.3) is 10.9 Å². The predicted molar refractivity (Wildman–Crippen MR) is 84.8 cm³/mol. The van der Waals surface area contributed by atoms with Gasteiger partial charge in [0.1, 0.15) is 12.0 Å². The van der Waals surface area contributed by atoms with E-state index in [1.807, 2.05) is 42.1 Å². The van der Waals surface area contributed by atoms with E-state index in [2.05, 4.69) is 26.2 Å². The maximum absolute atomic E-state index is 10.7. The van der Waals surface area contributed by atoms with E-state index in [0.29, 0.717) is 10.3 Å². The first kappa shape index (κ1) is 13.6. The maximum Gasteiger partial charge on any atom is 0.288 e. The van der Waals surface area contributed by atoms with Gasteiger partial charge >= 0.3 is 0 Å². The molecule has 2 aromatic heterocycles. The molecular weight excluding hydrogens is 336 g/mol. The Morgan fingerprint density at radius 3 is 2.86 bits per heavy atom. The molecule has 7 heteroatoms. The molecule has 6 nitrogen and oxygen atoms in total. The van der Waals surface area contributed by atoms with Crippen LogP contribution in [-0.2, 0) is 7.05 Å². The van der Waals surface area contributed by atoms with Crippen molar-refractivity contribution < 1.29 is 4.92 Å². The second-order valence-corrected chi connectivity index (χ2v) is 5.46. The zero-order chi connectivity index (χ0) is 15.0. The highest BCUT2D eigenvalue weighted by molar-refractivity contribution is 9.10. The summed E-state index contributed by atoms with van der Waals surface area (Å²) in [6.07, 6.45) is 3.22. The number of nitro groups is 1. The van der Waals surface area contributed by atoms with E-state index < -0.39 is 4.92 Å². The van der Waals surface area contributed by atoms with Crippen LogP contribution in [0.15, 0.2) is 47.2 Å². The van der Waals surface area contributed by atoms with Crippen LogP contribution in [0.1, 0.15) is 0 Å². The predicted octanol–water partition coefficient (Wildman–Crippen LogP) is 3.99. The quantitative estimate of drug-likeness (QED) is 0.574. The van der Waals surface area contributed by atoms with E-state index >= 15 is 0 Å². The molecule has 0 aliphatic heterocycles. The molecule has 0 aliphatic carbocycles. The van der Waals surface area contributed by atoms with Gasteiger partial charge in [-0.1, -0.05) is 6.07 Å². The van der Waals surface area contributed by atoms with Gasteiger partial charge in [-0.05, 0) is 39.5 Å². The molecule has 1 N–H and O–H groups in total. The lowest BCUT2D eigenvalue weighted by Gasteiger charge is -2.08. The van der Waals surface area contributed by atoms with Crippen molar-refractivity contribution in [3.63, 3.8) is 0 Å². The summed E-state index contributed by atoms with van der Waals surface area (Å²) in [4.78, 5) is 14.3. The number of rotatable bonds is 3. The lowest BCUT2D eigenvalue weighted by Crippen LogP contribution is -1.97. The summed E-state index contributed by atoms with van der Waals surface area (Å²) in [5.74, 6) is 0.536. The number of nitrogens with one attached hydrogen (secondary N) is 1. The second kappa shape index (κ2) is 5.17. The smallest absolute Gasteiger partial charge is 0.288 e. The fraction of sp³-hybridized carbons (Fsp3) is 0.0714. The topological polar surface area (TPSA) is 73.0 Å². The van der Waals surface area contributed by atoms with Crippen molar-refractivity contribution in [2.45, 2.75) is 0 Å². The minimum atomic E-state index is -0.475. The number of hydrogen-bond acceptors (Lipinski definition) is 4. The van der Waals surface area contributed by atoms with Crippen molar-refractivity contribution in [1.82, 2.24) is 9.55 Å². The number of benzene rings is 1. The maximum atomic E-state index is 10.7. The fourth-order valence-corrected chi connectivity index (χ4v) is 2.53. The number of halogens is 1. The molecule has 0 radical (unpaired) electrons. The number of hydrogen-bond donors (Lipinski definition) is 1. The van der Waals surface area contributed by atoms with Gasteiger partial charge in [0.15, 0.2) is 0 Å². The summed E-state index contributed by atoms with van der Waals surface area (Å²) in [7, 11) is 1.98. The Kier molecular flexibility index (Phi) is 3.34.